The van der Waals surface area contributed by atoms with Gasteiger partial charge in [0.25, 0.3) is 0 Å². The first kappa shape index (κ1) is 20.8. The van der Waals surface area contributed by atoms with E-state index in [1.165, 1.54) is 18.2 Å². The van der Waals surface area contributed by atoms with E-state index in [1.807, 2.05) is 0 Å². The summed E-state index contributed by atoms with van der Waals surface area (Å²) in [5, 5.41) is 3.78. The van der Waals surface area contributed by atoms with Crippen molar-refractivity contribution in [3.63, 3.8) is 0 Å². The molecular formula is C19H17F6NO. The molecule has 0 heterocycles. The highest BCUT2D eigenvalue weighted by atomic mass is 19.4. The van der Waals surface area contributed by atoms with Gasteiger partial charge in [-0.15, -0.1) is 0 Å². The Hall–Kier alpha value is -2.51. The third-order valence-electron chi connectivity index (χ3n) is 3.81. The molecule has 0 aliphatic heterocycles. The number of oxime groups is 1. The summed E-state index contributed by atoms with van der Waals surface area (Å²) in [7, 11) is 0. The molecule has 0 N–H and O–H groups in total. The zero-order valence-corrected chi connectivity index (χ0v) is 14.6. The molecule has 0 aromatic heterocycles. The molecule has 2 aromatic rings. The largest absolute Gasteiger partial charge is 0.417 e. The summed E-state index contributed by atoms with van der Waals surface area (Å²) in [5.74, 6) is 0. The summed E-state index contributed by atoms with van der Waals surface area (Å²) >= 11 is 0. The lowest BCUT2D eigenvalue weighted by molar-refractivity contribution is -0.138. The Morgan fingerprint density at radius 2 is 1.56 bits per heavy atom. The molecule has 2 nitrogen and oxygen atoms in total. The molecule has 0 saturated carbocycles. The Morgan fingerprint density at radius 3 is 2.07 bits per heavy atom. The van der Waals surface area contributed by atoms with Gasteiger partial charge in [0, 0.05) is 5.56 Å². The predicted molar refractivity (Wildman–Crippen MR) is 89.2 cm³/mol. The maximum absolute atomic E-state index is 13.3. The van der Waals surface area contributed by atoms with E-state index in [-0.39, 0.29) is 24.3 Å². The Bertz CT molecular complexity index is 806. The molecule has 27 heavy (non-hydrogen) atoms. The van der Waals surface area contributed by atoms with Crippen molar-refractivity contribution in [3.8, 4) is 0 Å². The van der Waals surface area contributed by atoms with E-state index < -0.39 is 23.5 Å². The maximum atomic E-state index is 13.3. The lowest BCUT2D eigenvalue weighted by Crippen LogP contribution is -2.14. The second-order valence-corrected chi connectivity index (χ2v) is 5.91. The number of nitrogens with zero attached hydrogens (tertiary/aromatic N) is 1. The van der Waals surface area contributed by atoms with E-state index in [0.717, 1.165) is 18.2 Å². The van der Waals surface area contributed by atoms with Gasteiger partial charge in [0.15, 0.2) is 0 Å². The normalized spacial score (nSPS) is 13.0. The van der Waals surface area contributed by atoms with Gasteiger partial charge in [-0.3, -0.25) is 0 Å². The van der Waals surface area contributed by atoms with E-state index in [9.17, 15) is 26.3 Å². The zero-order valence-electron chi connectivity index (χ0n) is 14.6. The fourth-order valence-electron chi connectivity index (χ4n) is 2.42. The summed E-state index contributed by atoms with van der Waals surface area (Å²) in [5.41, 5.74) is -0.689. The molecule has 0 radical (unpaired) electrons. The van der Waals surface area contributed by atoms with Gasteiger partial charge in [0.1, 0.15) is 6.61 Å². The van der Waals surface area contributed by atoms with E-state index >= 15 is 0 Å². The lowest BCUT2D eigenvalue weighted by Gasteiger charge is -2.14. The summed E-state index contributed by atoms with van der Waals surface area (Å²) in [6, 6.07) is 8.20. The topological polar surface area (TPSA) is 21.6 Å². The van der Waals surface area contributed by atoms with E-state index in [1.54, 1.807) is 19.9 Å². The monoisotopic (exact) mass is 389 g/mol. The van der Waals surface area contributed by atoms with E-state index in [4.69, 9.17) is 4.84 Å². The van der Waals surface area contributed by atoms with Crippen LogP contribution in [0.1, 0.15) is 41.2 Å². The van der Waals surface area contributed by atoms with Gasteiger partial charge >= 0.3 is 12.4 Å². The number of hydrogen-bond acceptors (Lipinski definition) is 2. The number of hydrogen-bond donors (Lipinski definition) is 0. The van der Waals surface area contributed by atoms with Crippen molar-refractivity contribution in [1.82, 2.24) is 0 Å². The van der Waals surface area contributed by atoms with Gasteiger partial charge in [-0.2, -0.15) is 26.3 Å². The molecule has 0 fully saturated rings. The second kappa shape index (κ2) is 8.02. The van der Waals surface area contributed by atoms with Crippen molar-refractivity contribution < 1.29 is 31.2 Å². The lowest BCUT2D eigenvalue weighted by atomic mass is 9.99. The van der Waals surface area contributed by atoms with Crippen molar-refractivity contribution in [2.45, 2.75) is 39.2 Å². The van der Waals surface area contributed by atoms with Crippen LogP contribution < -0.4 is 0 Å². The molecule has 2 rings (SSSR count). The van der Waals surface area contributed by atoms with Crippen LogP contribution in [0.5, 0.6) is 0 Å². The van der Waals surface area contributed by atoms with Crippen molar-refractivity contribution in [3.05, 3.63) is 70.3 Å². The molecular weight excluding hydrogens is 372 g/mol. The Kier molecular flexibility index (Phi) is 6.18. The van der Waals surface area contributed by atoms with Crippen molar-refractivity contribution in [2.75, 3.05) is 0 Å². The molecule has 0 bridgehead atoms. The van der Waals surface area contributed by atoms with Crippen LogP contribution in [0.4, 0.5) is 26.3 Å². The molecule has 0 atom stereocenters. The highest BCUT2D eigenvalue weighted by molar-refractivity contribution is 6.01. The summed E-state index contributed by atoms with van der Waals surface area (Å²) in [6.07, 6.45) is -8.78. The molecule has 0 unspecified atom stereocenters. The number of benzene rings is 2. The standard InChI is InChI=1S/C19H17F6NO/c1-3-17(15-9-4-12(2)10-16(15)19(23,24)25)26-27-11-13-5-7-14(8-6-13)18(20,21)22/h4-10H,3,11H2,1-2H3/b26-17-. The van der Waals surface area contributed by atoms with Crippen LogP contribution in [0.25, 0.3) is 0 Å². The van der Waals surface area contributed by atoms with Crippen molar-refractivity contribution in [2.24, 2.45) is 5.16 Å². The second-order valence-electron chi connectivity index (χ2n) is 5.91. The van der Waals surface area contributed by atoms with Gasteiger partial charge in [-0.1, -0.05) is 41.9 Å². The zero-order chi connectivity index (χ0) is 20.2. The van der Waals surface area contributed by atoms with Crippen molar-refractivity contribution in [1.29, 1.82) is 0 Å². The Labute approximate surface area is 152 Å². The van der Waals surface area contributed by atoms with Gasteiger partial charge in [-0.05, 0) is 37.1 Å². The number of rotatable bonds is 5. The number of aryl methyl sites for hydroxylation is 1. The first-order valence-corrected chi connectivity index (χ1v) is 8.05. The third kappa shape index (κ3) is 5.48. The van der Waals surface area contributed by atoms with Crippen LogP contribution in [0.15, 0.2) is 47.6 Å². The van der Waals surface area contributed by atoms with Gasteiger partial charge in [0.05, 0.1) is 16.8 Å². The number of alkyl halides is 6. The molecule has 0 saturated heterocycles. The molecule has 146 valence electrons. The van der Waals surface area contributed by atoms with Crippen molar-refractivity contribution >= 4 is 5.71 Å². The van der Waals surface area contributed by atoms with Crippen LogP contribution >= 0.6 is 0 Å². The minimum atomic E-state index is -4.54. The molecule has 0 spiro atoms. The average molecular weight is 389 g/mol. The smallest absolute Gasteiger partial charge is 0.391 e. The average Bonchev–Trinajstić information content (AvgIpc) is 2.58. The van der Waals surface area contributed by atoms with Crippen LogP contribution in [0, 0.1) is 6.92 Å². The summed E-state index contributed by atoms with van der Waals surface area (Å²) < 4.78 is 77.4. The fourth-order valence-corrected chi connectivity index (χ4v) is 2.42. The Balaban J connectivity index is 2.18. The van der Waals surface area contributed by atoms with Crippen LogP contribution in [0.3, 0.4) is 0 Å². The van der Waals surface area contributed by atoms with E-state index in [2.05, 4.69) is 5.16 Å². The third-order valence-corrected chi connectivity index (χ3v) is 3.81. The molecule has 0 aliphatic carbocycles. The molecule has 0 amide bonds. The van der Waals surface area contributed by atoms with E-state index in [0.29, 0.717) is 11.1 Å². The predicted octanol–water partition coefficient (Wildman–Crippen LogP) is 6.36. The van der Waals surface area contributed by atoms with Gasteiger partial charge in [0.2, 0.25) is 0 Å². The SMILES string of the molecule is CC/C(=N/OCc1ccc(C(F)(F)F)cc1)c1ccc(C)cc1C(F)(F)F. The van der Waals surface area contributed by atoms with Crippen LogP contribution in [-0.4, -0.2) is 5.71 Å². The van der Waals surface area contributed by atoms with Crippen LogP contribution in [-0.2, 0) is 23.8 Å². The first-order chi connectivity index (χ1) is 12.5. The summed E-state index contributed by atoms with van der Waals surface area (Å²) in [6.45, 7) is 3.04. The summed E-state index contributed by atoms with van der Waals surface area (Å²) in [4.78, 5) is 5.09. The van der Waals surface area contributed by atoms with Gasteiger partial charge < -0.3 is 4.84 Å². The highest BCUT2D eigenvalue weighted by Gasteiger charge is 2.34. The molecule has 8 heteroatoms. The highest BCUT2D eigenvalue weighted by Crippen LogP contribution is 2.33. The first-order valence-electron chi connectivity index (χ1n) is 8.05. The minimum Gasteiger partial charge on any atom is -0.391 e. The molecule has 2 aromatic carbocycles. The molecule has 0 aliphatic rings. The van der Waals surface area contributed by atoms with Gasteiger partial charge in [-0.25, -0.2) is 0 Å². The maximum Gasteiger partial charge on any atom is 0.417 e. The fraction of sp³-hybridized carbons (Fsp3) is 0.316. The minimum absolute atomic E-state index is 0.0805. The quantitative estimate of drug-likeness (QED) is 0.331. The number of halogens is 6. The Morgan fingerprint density at radius 1 is 0.926 bits per heavy atom. The van der Waals surface area contributed by atoms with Crippen LogP contribution in [0.2, 0.25) is 0 Å².